The molecule has 0 unspecified atom stereocenters. The summed E-state index contributed by atoms with van der Waals surface area (Å²) in [6.45, 7) is 14.6. The van der Waals surface area contributed by atoms with Crippen molar-refractivity contribution >= 4 is 0 Å². The first kappa shape index (κ1) is 21.3. The highest BCUT2D eigenvalue weighted by molar-refractivity contribution is 5.38. The van der Waals surface area contributed by atoms with Crippen LogP contribution in [0.1, 0.15) is 86.5 Å². The van der Waals surface area contributed by atoms with E-state index in [1.54, 1.807) is 5.57 Å². The second kappa shape index (κ2) is 6.95. The van der Waals surface area contributed by atoms with Crippen LogP contribution in [0.25, 0.3) is 0 Å². The van der Waals surface area contributed by atoms with Gasteiger partial charge >= 0.3 is 0 Å². The molecule has 0 radical (unpaired) electrons. The van der Waals surface area contributed by atoms with Crippen molar-refractivity contribution in [3.05, 3.63) is 23.8 Å². The first-order valence-electron chi connectivity index (χ1n) is 12.9. The fourth-order valence-electron chi connectivity index (χ4n) is 8.52. The average molecular weight is 413 g/mol. The van der Waals surface area contributed by atoms with E-state index in [4.69, 9.17) is 4.74 Å². The molecule has 1 aliphatic heterocycles. The Balaban J connectivity index is 1.40. The minimum atomic E-state index is -0.163. The highest BCUT2D eigenvalue weighted by atomic mass is 16.6. The molecule has 0 amide bonds. The lowest BCUT2D eigenvalue weighted by atomic mass is 9.47. The largest absolute Gasteiger partial charge is 0.393 e. The van der Waals surface area contributed by atoms with Crippen LogP contribution in [0, 0.1) is 46.3 Å². The molecule has 168 valence electrons. The molecule has 1 heterocycles. The molecule has 4 fully saturated rings. The number of fused-ring (bicyclic) bond motifs is 4. The van der Waals surface area contributed by atoms with Crippen molar-refractivity contribution in [2.24, 2.45) is 46.3 Å². The van der Waals surface area contributed by atoms with E-state index in [0.717, 1.165) is 37.0 Å². The SMILES string of the molecule is CC(C)[C@@H](C)/C=C/[C@@H](C)[C@@H]1CC[C@@H]2C3=C[C@@H]4O[C@]45C[C@H](O)CC[C@@]5(C)[C@@H]3CC[C@]21C. The van der Waals surface area contributed by atoms with Gasteiger partial charge in [-0.2, -0.15) is 0 Å². The molecular formula is C28H44O2. The number of hydrogen-bond donors (Lipinski definition) is 1. The number of aliphatic hydroxyl groups is 1. The van der Waals surface area contributed by atoms with E-state index < -0.39 is 0 Å². The summed E-state index contributed by atoms with van der Waals surface area (Å²) < 4.78 is 6.43. The molecular weight excluding hydrogens is 368 g/mol. The molecule has 0 aromatic rings. The number of aliphatic hydroxyl groups excluding tert-OH is 1. The zero-order chi connectivity index (χ0) is 21.5. The van der Waals surface area contributed by atoms with Crippen molar-refractivity contribution in [3.8, 4) is 0 Å². The van der Waals surface area contributed by atoms with Crippen molar-refractivity contribution in [2.45, 2.75) is 104 Å². The lowest BCUT2D eigenvalue weighted by molar-refractivity contribution is -0.0527. The Bertz CT molecular complexity index is 752. The van der Waals surface area contributed by atoms with Crippen LogP contribution in [-0.4, -0.2) is 22.9 Å². The summed E-state index contributed by atoms with van der Waals surface area (Å²) in [5.41, 5.74) is 2.38. The Morgan fingerprint density at radius 3 is 2.50 bits per heavy atom. The van der Waals surface area contributed by atoms with Gasteiger partial charge in [-0.15, -0.1) is 0 Å². The molecule has 0 aromatic carbocycles. The van der Waals surface area contributed by atoms with Gasteiger partial charge in [0, 0.05) is 11.8 Å². The van der Waals surface area contributed by atoms with Gasteiger partial charge in [0.15, 0.2) is 0 Å². The van der Waals surface area contributed by atoms with Crippen LogP contribution in [0.5, 0.6) is 0 Å². The lowest BCUT2D eigenvalue weighted by Crippen LogP contribution is -2.55. The standard InChI is InChI=1S/C28H44O2/c1-17(2)18(3)7-8-19(4)22-9-10-23-21-15-25-28(30-25)16-20(29)11-14-27(28,6)24(21)12-13-26(22,23)5/h7-8,15,17-20,22-25,29H,9-14,16H2,1-6H3/b8-7+/t18-,19+,20+,22-,23+,24+,25-,26-,27-,28+/m0/s1. The van der Waals surface area contributed by atoms with Gasteiger partial charge in [0.25, 0.3) is 0 Å². The Hall–Kier alpha value is -0.600. The van der Waals surface area contributed by atoms with E-state index in [1.165, 1.54) is 25.7 Å². The zero-order valence-electron chi connectivity index (χ0n) is 20.2. The summed E-state index contributed by atoms with van der Waals surface area (Å²) in [7, 11) is 0. The van der Waals surface area contributed by atoms with E-state index in [2.05, 4.69) is 59.8 Å². The minimum Gasteiger partial charge on any atom is -0.393 e. The number of ether oxygens (including phenoxy) is 1. The molecule has 3 saturated carbocycles. The molecule has 5 aliphatic rings. The first-order valence-corrected chi connectivity index (χ1v) is 12.9. The van der Waals surface area contributed by atoms with Crippen LogP contribution in [0.2, 0.25) is 0 Å². The van der Waals surface area contributed by atoms with Gasteiger partial charge in [0.1, 0.15) is 11.7 Å². The molecule has 1 N–H and O–H groups in total. The van der Waals surface area contributed by atoms with Crippen LogP contribution < -0.4 is 0 Å². The second-order valence-electron chi connectivity index (χ2n) is 12.6. The summed E-state index contributed by atoms with van der Waals surface area (Å²) in [6, 6.07) is 0. The van der Waals surface area contributed by atoms with Gasteiger partial charge in [-0.3, -0.25) is 0 Å². The van der Waals surface area contributed by atoms with Crippen molar-refractivity contribution < 1.29 is 9.84 Å². The highest BCUT2D eigenvalue weighted by Crippen LogP contribution is 2.72. The summed E-state index contributed by atoms with van der Waals surface area (Å²) >= 11 is 0. The van der Waals surface area contributed by atoms with Crippen molar-refractivity contribution in [1.29, 1.82) is 0 Å². The van der Waals surface area contributed by atoms with Crippen molar-refractivity contribution in [1.82, 2.24) is 0 Å². The molecule has 5 rings (SSSR count). The first-order chi connectivity index (χ1) is 14.1. The number of allylic oxidation sites excluding steroid dienone is 3. The maximum Gasteiger partial charge on any atom is 0.107 e. The van der Waals surface area contributed by atoms with E-state index in [-0.39, 0.29) is 23.2 Å². The Morgan fingerprint density at radius 2 is 1.77 bits per heavy atom. The Labute approximate surface area is 184 Å². The van der Waals surface area contributed by atoms with Gasteiger partial charge in [-0.25, -0.2) is 0 Å². The van der Waals surface area contributed by atoms with Crippen LogP contribution in [0.4, 0.5) is 0 Å². The molecule has 2 heteroatoms. The van der Waals surface area contributed by atoms with Crippen LogP contribution >= 0.6 is 0 Å². The summed E-state index contributed by atoms with van der Waals surface area (Å²) in [5.74, 6) is 4.26. The fourth-order valence-corrected chi connectivity index (χ4v) is 8.52. The molecule has 30 heavy (non-hydrogen) atoms. The Morgan fingerprint density at radius 1 is 1.00 bits per heavy atom. The average Bonchev–Trinajstić information content (AvgIpc) is 3.27. The van der Waals surface area contributed by atoms with E-state index in [1.807, 2.05) is 0 Å². The third kappa shape index (κ3) is 2.81. The third-order valence-electron chi connectivity index (χ3n) is 10.9. The van der Waals surface area contributed by atoms with Crippen LogP contribution in [-0.2, 0) is 4.74 Å². The maximum absolute atomic E-state index is 10.4. The quantitative estimate of drug-likeness (QED) is 0.420. The van der Waals surface area contributed by atoms with Gasteiger partial charge in [-0.05, 0) is 79.4 Å². The Kier molecular flexibility index (Phi) is 4.92. The maximum atomic E-state index is 10.4. The van der Waals surface area contributed by atoms with E-state index >= 15 is 0 Å². The number of rotatable bonds is 4. The van der Waals surface area contributed by atoms with E-state index in [0.29, 0.717) is 23.2 Å². The molecule has 0 bridgehead atoms. The summed E-state index contributed by atoms with van der Waals surface area (Å²) in [4.78, 5) is 0. The molecule has 10 atom stereocenters. The lowest BCUT2D eigenvalue weighted by Gasteiger charge is -2.56. The number of hydrogen-bond acceptors (Lipinski definition) is 2. The molecule has 0 aromatic heterocycles. The van der Waals surface area contributed by atoms with E-state index in [9.17, 15) is 5.11 Å². The minimum absolute atomic E-state index is 0.0480. The van der Waals surface area contributed by atoms with Gasteiger partial charge in [0.05, 0.1) is 6.10 Å². The summed E-state index contributed by atoms with van der Waals surface area (Å²) in [6.07, 6.45) is 16.0. The van der Waals surface area contributed by atoms with Gasteiger partial charge in [0.2, 0.25) is 0 Å². The molecule has 4 aliphatic carbocycles. The normalized spacial score (nSPS) is 51.6. The summed E-state index contributed by atoms with van der Waals surface area (Å²) in [5, 5.41) is 10.4. The molecule has 2 nitrogen and oxygen atoms in total. The smallest absolute Gasteiger partial charge is 0.107 e. The second-order valence-corrected chi connectivity index (χ2v) is 12.6. The predicted molar refractivity (Wildman–Crippen MR) is 123 cm³/mol. The van der Waals surface area contributed by atoms with Crippen LogP contribution in [0.3, 0.4) is 0 Å². The highest BCUT2D eigenvalue weighted by Gasteiger charge is 2.73. The van der Waals surface area contributed by atoms with Crippen molar-refractivity contribution in [2.75, 3.05) is 0 Å². The van der Waals surface area contributed by atoms with Gasteiger partial charge in [-0.1, -0.05) is 65.3 Å². The fraction of sp³-hybridized carbons (Fsp3) is 0.857. The van der Waals surface area contributed by atoms with Crippen molar-refractivity contribution in [3.63, 3.8) is 0 Å². The third-order valence-corrected chi connectivity index (χ3v) is 10.9. The van der Waals surface area contributed by atoms with Gasteiger partial charge < -0.3 is 9.84 Å². The topological polar surface area (TPSA) is 32.8 Å². The molecule has 1 spiro atoms. The monoisotopic (exact) mass is 412 g/mol. The predicted octanol–water partition coefficient (Wildman–Crippen LogP) is 6.54. The number of epoxide rings is 1. The van der Waals surface area contributed by atoms with Crippen LogP contribution in [0.15, 0.2) is 23.8 Å². The zero-order valence-corrected chi connectivity index (χ0v) is 20.2. The molecule has 1 saturated heterocycles.